The van der Waals surface area contributed by atoms with Crippen molar-refractivity contribution >= 4 is 40.9 Å². The highest BCUT2D eigenvalue weighted by Crippen LogP contribution is 2.24. The Morgan fingerprint density at radius 2 is 1.78 bits per heavy atom. The van der Waals surface area contributed by atoms with E-state index in [0.717, 1.165) is 17.3 Å². The number of anilines is 1. The molecule has 2 aromatic carbocycles. The number of hydrogen-bond acceptors (Lipinski definition) is 6. The van der Waals surface area contributed by atoms with Crippen LogP contribution in [0.25, 0.3) is 11.5 Å². The molecule has 0 unspecified atom stereocenters. The zero-order valence-corrected chi connectivity index (χ0v) is 15.8. The van der Waals surface area contributed by atoms with E-state index in [2.05, 4.69) is 20.8 Å². The molecule has 27 heavy (non-hydrogen) atoms. The van der Waals surface area contributed by atoms with Crippen LogP contribution in [0, 0.1) is 0 Å². The van der Waals surface area contributed by atoms with E-state index in [4.69, 9.17) is 16.0 Å². The van der Waals surface area contributed by atoms with Gasteiger partial charge in [-0.1, -0.05) is 23.4 Å². The predicted octanol–water partition coefficient (Wildman–Crippen LogP) is 3.48. The third kappa shape index (κ3) is 5.08. The van der Waals surface area contributed by atoms with Crippen LogP contribution in [0.5, 0.6) is 0 Å². The summed E-state index contributed by atoms with van der Waals surface area (Å²) in [5.41, 5.74) is 1.87. The van der Waals surface area contributed by atoms with Gasteiger partial charge in [0.2, 0.25) is 11.8 Å². The van der Waals surface area contributed by atoms with Crippen LogP contribution in [0.2, 0.25) is 5.02 Å². The molecule has 3 rings (SSSR count). The molecule has 0 aliphatic rings. The maximum atomic E-state index is 12.1. The molecule has 0 atom stereocenters. The number of nitrogens with zero attached hydrogens (tertiary/aromatic N) is 2. The first-order valence-electron chi connectivity index (χ1n) is 7.89. The summed E-state index contributed by atoms with van der Waals surface area (Å²) >= 11 is 6.99. The van der Waals surface area contributed by atoms with Gasteiger partial charge in [0.15, 0.2) is 0 Å². The Bertz CT molecular complexity index is 942. The third-order valence-electron chi connectivity index (χ3n) is 3.48. The fourth-order valence-electron chi connectivity index (χ4n) is 2.15. The number of thioether (sulfide) groups is 1. The number of aromatic nitrogens is 2. The number of nitrogens with one attached hydrogen (secondary N) is 2. The molecule has 2 N–H and O–H groups in total. The van der Waals surface area contributed by atoms with Crippen LogP contribution in [-0.2, 0) is 4.79 Å². The zero-order chi connectivity index (χ0) is 19.2. The highest BCUT2D eigenvalue weighted by molar-refractivity contribution is 7.99. The van der Waals surface area contributed by atoms with Crippen LogP contribution in [-0.4, -0.2) is 34.8 Å². The summed E-state index contributed by atoms with van der Waals surface area (Å²) in [5, 5.41) is 14.1. The highest BCUT2D eigenvalue weighted by atomic mass is 35.5. The monoisotopic (exact) mass is 402 g/mol. The van der Waals surface area contributed by atoms with Crippen LogP contribution in [0.3, 0.4) is 0 Å². The van der Waals surface area contributed by atoms with Gasteiger partial charge in [0, 0.05) is 28.9 Å². The second-order valence-electron chi connectivity index (χ2n) is 5.37. The summed E-state index contributed by atoms with van der Waals surface area (Å²) < 4.78 is 5.54. The largest absolute Gasteiger partial charge is 0.411 e. The Morgan fingerprint density at radius 3 is 2.44 bits per heavy atom. The van der Waals surface area contributed by atoms with Crippen LogP contribution < -0.4 is 10.6 Å². The number of carbonyl (C=O) groups is 2. The molecule has 3 aromatic rings. The van der Waals surface area contributed by atoms with Crippen molar-refractivity contribution in [1.29, 1.82) is 0 Å². The van der Waals surface area contributed by atoms with Crippen molar-refractivity contribution in [3.63, 3.8) is 0 Å². The van der Waals surface area contributed by atoms with E-state index >= 15 is 0 Å². The molecule has 1 heterocycles. The SMILES string of the molecule is CNC(=O)c1ccc(NC(=O)CSc2nnc(-c3ccc(Cl)cc3)o2)cc1. The first-order valence-corrected chi connectivity index (χ1v) is 9.26. The van der Waals surface area contributed by atoms with E-state index in [9.17, 15) is 9.59 Å². The molecular formula is C18H15ClN4O3S. The van der Waals surface area contributed by atoms with Crippen molar-refractivity contribution in [1.82, 2.24) is 15.5 Å². The Morgan fingerprint density at radius 1 is 1.07 bits per heavy atom. The number of carbonyl (C=O) groups excluding carboxylic acids is 2. The van der Waals surface area contributed by atoms with E-state index in [1.54, 1.807) is 55.6 Å². The minimum Gasteiger partial charge on any atom is -0.411 e. The molecule has 0 radical (unpaired) electrons. The Balaban J connectivity index is 1.53. The first kappa shape index (κ1) is 18.9. The maximum absolute atomic E-state index is 12.1. The van der Waals surface area contributed by atoms with Crippen molar-refractivity contribution in [3.05, 3.63) is 59.1 Å². The molecule has 0 bridgehead atoms. The lowest BCUT2D eigenvalue weighted by Gasteiger charge is -2.05. The van der Waals surface area contributed by atoms with Crippen LogP contribution in [0.1, 0.15) is 10.4 Å². The van der Waals surface area contributed by atoms with Gasteiger partial charge >= 0.3 is 0 Å². The lowest BCUT2D eigenvalue weighted by molar-refractivity contribution is -0.113. The Kier molecular flexibility index (Phi) is 6.10. The smallest absolute Gasteiger partial charge is 0.277 e. The summed E-state index contributed by atoms with van der Waals surface area (Å²) in [7, 11) is 1.56. The number of benzene rings is 2. The average Bonchev–Trinajstić information content (AvgIpc) is 3.16. The lowest BCUT2D eigenvalue weighted by atomic mass is 10.2. The van der Waals surface area contributed by atoms with Gasteiger partial charge in [0.25, 0.3) is 11.1 Å². The minimum atomic E-state index is -0.223. The summed E-state index contributed by atoms with van der Waals surface area (Å²) in [5.74, 6) is 0.0639. The third-order valence-corrected chi connectivity index (χ3v) is 4.55. The number of rotatable bonds is 6. The molecule has 138 valence electrons. The highest BCUT2D eigenvalue weighted by Gasteiger charge is 2.12. The van der Waals surface area contributed by atoms with Gasteiger partial charge < -0.3 is 15.1 Å². The van der Waals surface area contributed by atoms with E-state index in [0.29, 0.717) is 27.4 Å². The summed E-state index contributed by atoms with van der Waals surface area (Å²) in [4.78, 5) is 23.6. The number of halogens is 1. The molecule has 0 saturated carbocycles. The van der Waals surface area contributed by atoms with E-state index < -0.39 is 0 Å². The average molecular weight is 403 g/mol. The van der Waals surface area contributed by atoms with Gasteiger partial charge in [-0.15, -0.1) is 10.2 Å². The standard InChI is InChI=1S/C18H15ClN4O3S/c1-20-16(25)11-4-8-14(9-5-11)21-15(24)10-27-18-23-22-17(26-18)12-2-6-13(19)7-3-12/h2-9H,10H2,1H3,(H,20,25)(H,21,24). The Hall–Kier alpha value is -2.84. The lowest BCUT2D eigenvalue weighted by Crippen LogP contribution is -2.18. The number of hydrogen-bond donors (Lipinski definition) is 2. The summed E-state index contributed by atoms with van der Waals surface area (Å²) in [6.45, 7) is 0. The fourth-order valence-corrected chi connectivity index (χ4v) is 2.84. The molecule has 0 fully saturated rings. The Labute approximate surface area is 164 Å². The second kappa shape index (κ2) is 8.70. The van der Waals surface area contributed by atoms with Crippen molar-refractivity contribution in [2.75, 3.05) is 18.1 Å². The van der Waals surface area contributed by atoms with Gasteiger partial charge in [0.05, 0.1) is 5.75 Å². The van der Waals surface area contributed by atoms with Crippen LogP contribution in [0.4, 0.5) is 5.69 Å². The van der Waals surface area contributed by atoms with Crippen molar-refractivity contribution in [3.8, 4) is 11.5 Å². The quantitative estimate of drug-likeness (QED) is 0.612. The van der Waals surface area contributed by atoms with Crippen LogP contribution in [0.15, 0.2) is 58.2 Å². The minimum absolute atomic E-state index is 0.111. The van der Waals surface area contributed by atoms with Gasteiger partial charge in [0.1, 0.15) is 0 Å². The van der Waals surface area contributed by atoms with Crippen molar-refractivity contribution < 1.29 is 14.0 Å². The van der Waals surface area contributed by atoms with E-state index in [1.165, 1.54) is 0 Å². The van der Waals surface area contributed by atoms with Crippen LogP contribution >= 0.6 is 23.4 Å². The summed E-state index contributed by atoms with van der Waals surface area (Å²) in [6.07, 6.45) is 0. The van der Waals surface area contributed by atoms with E-state index in [1.807, 2.05) is 0 Å². The van der Waals surface area contributed by atoms with Gasteiger partial charge in [-0.25, -0.2) is 0 Å². The molecule has 0 saturated heterocycles. The van der Waals surface area contributed by atoms with Gasteiger partial charge in [-0.05, 0) is 48.5 Å². The topological polar surface area (TPSA) is 97.1 Å². The van der Waals surface area contributed by atoms with Crippen molar-refractivity contribution in [2.45, 2.75) is 5.22 Å². The molecule has 7 nitrogen and oxygen atoms in total. The molecule has 0 spiro atoms. The van der Waals surface area contributed by atoms with Gasteiger partial charge in [-0.3, -0.25) is 9.59 Å². The second-order valence-corrected chi connectivity index (χ2v) is 6.74. The summed E-state index contributed by atoms with van der Waals surface area (Å²) in [6, 6.07) is 13.6. The zero-order valence-electron chi connectivity index (χ0n) is 14.2. The first-order chi connectivity index (χ1) is 13.0. The maximum Gasteiger partial charge on any atom is 0.277 e. The number of amides is 2. The normalized spacial score (nSPS) is 10.4. The van der Waals surface area contributed by atoms with Crippen molar-refractivity contribution in [2.24, 2.45) is 0 Å². The fraction of sp³-hybridized carbons (Fsp3) is 0.111. The molecule has 0 aliphatic carbocycles. The molecule has 2 amide bonds. The molecular weight excluding hydrogens is 388 g/mol. The molecule has 0 aliphatic heterocycles. The molecule has 9 heteroatoms. The predicted molar refractivity (Wildman–Crippen MR) is 104 cm³/mol. The molecule has 1 aromatic heterocycles. The van der Waals surface area contributed by atoms with Gasteiger partial charge in [-0.2, -0.15) is 0 Å². The van der Waals surface area contributed by atoms with E-state index in [-0.39, 0.29) is 17.6 Å².